The molecule has 0 spiro atoms. The first-order valence-electron chi connectivity index (χ1n) is 5.33. The molecular formula is C11H23N. The van der Waals surface area contributed by atoms with Crippen LogP contribution in [0.3, 0.4) is 0 Å². The molecule has 0 saturated carbocycles. The summed E-state index contributed by atoms with van der Waals surface area (Å²) in [5, 5.41) is 0. The summed E-state index contributed by atoms with van der Waals surface area (Å²) in [6.07, 6.45) is 1.40. The molecule has 4 atom stereocenters. The van der Waals surface area contributed by atoms with Crippen LogP contribution in [0, 0.1) is 11.8 Å². The summed E-state index contributed by atoms with van der Waals surface area (Å²) in [7, 11) is 0. The van der Waals surface area contributed by atoms with Crippen molar-refractivity contribution < 1.29 is 0 Å². The lowest BCUT2D eigenvalue weighted by molar-refractivity contribution is 0.0326. The lowest BCUT2D eigenvalue weighted by Gasteiger charge is -2.45. The predicted molar refractivity (Wildman–Crippen MR) is 54.2 cm³/mol. The van der Waals surface area contributed by atoms with Gasteiger partial charge in [0.05, 0.1) is 0 Å². The maximum atomic E-state index is 2.64. The van der Waals surface area contributed by atoms with Crippen molar-refractivity contribution in [3.8, 4) is 0 Å². The van der Waals surface area contributed by atoms with E-state index in [9.17, 15) is 0 Å². The first-order valence-corrected chi connectivity index (χ1v) is 5.33. The molecule has 0 aliphatic carbocycles. The van der Waals surface area contributed by atoms with Crippen molar-refractivity contribution in [1.29, 1.82) is 0 Å². The topological polar surface area (TPSA) is 3.24 Å². The number of likely N-dealkylation sites (tertiary alicyclic amines) is 1. The van der Waals surface area contributed by atoms with Crippen molar-refractivity contribution in [1.82, 2.24) is 4.90 Å². The standard InChI is InChI=1S/C11H23N/c1-6-12-10(4)8(2)7-9(3)11(12)5/h8-11H,6-7H2,1-5H3/t8-,9+,10-,11+. The molecule has 0 aromatic heterocycles. The summed E-state index contributed by atoms with van der Waals surface area (Å²) < 4.78 is 0. The highest BCUT2D eigenvalue weighted by molar-refractivity contribution is 4.86. The van der Waals surface area contributed by atoms with Crippen LogP contribution in [0.2, 0.25) is 0 Å². The zero-order valence-electron chi connectivity index (χ0n) is 9.17. The summed E-state index contributed by atoms with van der Waals surface area (Å²) in [6.45, 7) is 13.0. The second-order valence-corrected chi connectivity index (χ2v) is 4.50. The molecule has 1 heterocycles. The van der Waals surface area contributed by atoms with Gasteiger partial charge in [0, 0.05) is 12.1 Å². The van der Waals surface area contributed by atoms with E-state index in [1.54, 1.807) is 0 Å². The Balaban J connectivity index is 2.67. The van der Waals surface area contributed by atoms with Gasteiger partial charge in [-0.25, -0.2) is 0 Å². The second-order valence-electron chi connectivity index (χ2n) is 4.50. The number of hydrogen-bond donors (Lipinski definition) is 0. The van der Waals surface area contributed by atoms with Crippen LogP contribution in [0.25, 0.3) is 0 Å². The number of hydrogen-bond acceptors (Lipinski definition) is 1. The Hall–Kier alpha value is -0.0400. The lowest BCUT2D eigenvalue weighted by Crippen LogP contribution is -2.51. The van der Waals surface area contributed by atoms with Crippen molar-refractivity contribution in [3.05, 3.63) is 0 Å². The monoisotopic (exact) mass is 169 g/mol. The normalized spacial score (nSPS) is 44.8. The average Bonchev–Trinajstić information content (AvgIpc) is 2.02. The Kier molecular flexibility index (Phi) is 3.16. The molecule has 0 N–H and O–H groups in total. The van der Waals surface area contributed by atoms with Gasteiger partial charge in [0.1, 0.15) is 0 Å². The zero-order valence-corrected chi connectivity index (χ0v) is 9.17. The van der Waals surface area contributed by atoms with E-state index in [2.05, 4.69) is 39.5 Å². The molecule has 1 saturated heterocycles. The fourth-order valence-corrected chi connectivity index (χ4v) is 2.58. The molecule has 0 aromatic carbocycles. The molecule has 1 aliphatic heterocycles. The Labute approximate surface area is 77.1 Å². The van der Waals surface area contributed by atoms with Crippen LogP contribution in [0.4, 0.5) is 0 Å². The van der Waals surface area contributed by atoms with Gasteiger partial charge in [-0.2, -0.15) is 0 Å². The molecule has 1 aliphatic rings. The summed E-state index contributed by atoms with van der Waals surface area (Å²) in [4.78, 5) is 2.64. The zero-order chi connectivity index (χ0) is 9.30. The van der Waals surface area contributed by atoms with Crippen LogP contribution in [0.1, 0.15) is 41.0 Å². The van der Waals surface area contributed by atoms with Gasteiger partial charge in [-0.15, -0.1) is 0 Å². The van der Waals surface area contributed by atoms with Crippen LogP contribution >= 0.6 is 0 Å². The van der Waals surface area contributed by atoms with Gasteiger partial charge in [-0.1, -0.05) is 20.8 Å². The third-order valence-electron chi connectivity index (χ3n) is 3.80. The molecule has 12 heavy (non-hydrogen) atoms. The molecule has 0 radical (unpaired) electrons. The highest BCUT2D eigenvalue weighted by atomic mass is 15.2. The lowest BCUT2D eigenvalue weighted by atomic mass is 9.81. The van der Waals surface area contributed by atoms with Gasteiger partial charge in [0.15, 0.2) is 0 Å². The largest absolute Gasteiger partial charge is 0.298 e. The minimum atomic E-state index is 0.779. The van der Waals surface area contributed by atoms with Gasteiger partial charge in [0.25, 0.3) is 0 Å². The van der Waals surface area contributed by atoms with Crippen molar-refractivity contribution >= 4 is 0 Å². The van der Waals surface area contributed by atoms with E-state index in [1.807, 2.05) is 0 Å². The van der Waals surface area contributed by atoms with Gasteiger partial charge >= 0.3 is 0 Å². The van der Waals surface area contributed by atoms with Crippen LogP contribution in [0.5, 0.6) is 0 Å². The molecule has 0 bridgehead atoms. The third kappa shape index (κ3) is 1.66. The van der Waals surface area contributed by atoms with Gasteiger partial charge < -0.3 is 0 Å². The maximum Gasteiger partial charge on any atom is 0.00954 e. The second kappa shape index (κ2) is 3.78. The van der Waals surface area contributed by atoms with Crippen LogP contribution in [0.15, 0.2) is 0 Å². The Morgan fingerprint density at radius 1 is 1.00 bits per heavy atom. The summed E-state index contributed by atoms with van der Waals surface area (Å²) in [5.74, 6) is 1.74. The van der Waals surface area contributed by atoms with Gasteiger partial charge in [-0.05, 0) is 38.6 Å². The fourth-order valence-electron chi connectivity index (χ4n) is 2.58. The first kappa shape index (κ1) is 10.0. The summed E-state index contributed by atoms with van der Waals surface area (Å²) in [5.41, 5.74) is 0. The van der Waals surface area contributed by atoms with Crippen molar-refractivity contribution in [3.63, 3.8) is 0 Å². The minimum Gasteiger partial charge on any atom is -0.298 e. The highest BCUT2D eigenvalue weighted by Crippen LogP contribution is 2.31. The highest BCUT2D eigenvalue weighted by Gasteiger charge is 2.32. The van der Waals surface area contributed by atoms with E-state index in [1.165, 1.54) is 13.0 Å². The fraction of sp³-hybridized carbons (Fsp3) is 1.00. The van der Waals surface area contributed by atoms with E-state index < -0.39 is 0 Å². The number of rotatable bonds is 1. The number of nitrogens with zero attached hydrogens (tertiary/aromatic N) is 1. The molecule has 72 valence electrons. The van der Waals surface area contributed by atoms with Crippen molar-refractivity contribution in [2.45, 2.75) is 53.1 Å². The molecule has 1 rings (SSSR count). The quantitative estimate of drug-likeness (QED) is 0.583. The Morgan fingerprint density at radius 3 is 1.75 bits per heavy atom. The SMILES string of the molecule is CCN1[C@H](C)[C@H](C)C[C@H](C)[C@@H]1C. The molecule has 0 unspecified atom stereocenters. The smallest absolute Gasteiger partial charge is 0.00954 e. The van der Waals surface area contributed by atoms with E-state index in [4.69, 9.17) is 0 Å². The molecule has 1 fully saturated rings. The predicted octanol–water partition coefficient (Wildman–Crippen LogP) is 2.76. The van der Waals surface area contributed by atoms with Crippen LogP contribution < -0.4 is 0 Å². The number of piperidine rings is 1. The molecule has 1 nitrogen and oxygen atoms in total. The Bertz CT molecular complexity index is 130. The molecule has 1 heteroatoms. The van der Waals surface area contributed by atoms with E-state index in [0.29, 0.717) is 0 Å². The minimum absolute atomic E-state index is 0.779. The molecule has 0 amide bonds. The van der Waals surface area contributed by atoms with Crippen molar-refractivity contribution in [2.75, 3.05) is 6.54 Å². The van der Waals surface area contributed by atoms with Crippen LogP contribution in [-0.4, -0.2) is 23.5 Å². The first-order chi connectivity index (χ1) is 5.57. The molecule has 0 aromatic rings. The average molecular weight is 169 g/mol. The van der Waals surface area contributed by atoms with Crippen molar-refractivity contribution in [2.24, 2.45) is 11.8 Å². The van der Waals surface area contributed by atoms with Gasteiger partial charge in [-0.3, -0.25) is 4.90 Å². The summed E-state index contributed by atoms with van der Waals surface area (Å²) in [6, 6.07) is 1.56. The van der Waals surface area contributed by atoms with E-state index in [0.717, 1.165) is 23.9 Å². The Morgan fingerprint density at radius 2 is 1.42 bits per heavy atom. The molecular weight excluding hydrogens is 146 g/mol. The van der Waals surface area contributed by atoms with E-state index >= 15 is 0 Å². The van der Waals surface area contributed by atoms with Gasteiger partial charge in [0.2, 0.25) is 0 Å². The van der Waals surface area contributed by atoms with Crippen LogP contribution in [-0.2, 0) is 0 Å². The van der Waals surface area contributed by atoms with E-state index in [-0.39, 0.29) is 0 Å². The third-order valence-corrected chi connectivity index (χ3v) is 3.80. The maximum absolute atomic E-state index is 2.64. The summed E-state index contributed by atoms with van der Waals surface area (Å²) >= 11 is 0.